The van der Waals surface area contributed by atoms with Gasteiger partial charge in [0, 0.05) is 68.0 Å². The maximum atomic E-state index is 12.7. The van der Waals surface area contributed by atoms with Crippen molar-refractivity contribution in [2.75, 3.05) is 31.1 Å². The second-order valence-corrected chi connectivity index (χ2v) is 8.27. The SMILES string of the molecule is Cc1ccc(C(C)OC(=O)N2CCN(c3cnc4cc(-c5cnn(C)c5)cnn34)CC2)cn1. The van der Waals surface area contributed by atoms with Crippen LogP contribution in [0.1, 0.15) is 24.3 Å². The number of fused-ring (bicyclic) bond motifs is 1. The van der Waals surface area contributed by atoms with Crippen LogP contribution >= 0.6 is 0 Å². The molecule has 0 bridgehead atoms. The topological polar surface area (TPSA) is 93.7 Å². The lowest BCUT2D eigenvalue weighted by molar-refractivity contribution is 0.0679. The van der Waals surface area contributed by atoms with Gasteiger partial charge in [0.1, 0.15) is 6.10 Å². The molecule has 0 spiro atoms. The van der Waals surface area contributed by atoms with E-state index in [1.165, 1.54) is 0 Å². The third-order valence-electron chi connectivity index (χ3n) is 5.92. The predicted molar refractivity (Wildman–Crippen MR) is 123 cm³/mol. The van der Waals surface area contributed by atoms with Gasteiger partial charge in [-0.05, 0) is 26.0 Å². The number of ether oxygens (including phenoxy) is 1. The molecule has 5 heterocycles. The quantitative estimate of drug-likeness (QED) is 0.476. The highest BCUT2D eigenvalue weighted by Crippen LogP contribution is 2.23. The lowest BCUT2D eigenvalue weighted by Crippen LogP contribution is -2.49. The molecule has 170 valence electrons. The Hall–Kier alpha value is -3.95. The second kappa shape index (κ2) is 8.53. The van der Waals surface area contributed by atoms with Crippen LogP contribution in [-0.4, -0.2) is 66.5 Å². The van der Waals surface area contributed by atoms with E-state index in [1.54, 1.807) is 15.8 Å². The number of nitrogens with zero attached hydrogens (tertiary/aromatic N) is 8. The van der Waals surface area contributed by atoms with E-state index in [-0.39, 0.29) is 12.2 Å². The van der Waals surface area contributed by atoms with Gasteiger partial charge in [-0.25, -0.2) is 9.78 Å². The number of aryl methyl sites for hydroxylation is 2. The maximum Gasteiger partial charge on any atom is 0.410 e. The van der Waals surface area contributed by atoms with Gasteiger partial charge in [0.2, 0.25) is 0 Å². The van der Waals surface area contributed by atoms with Crippen molar-refractivity contribution in [3.05, 3.63) is 60.4 Å². The van der Waals surface area contributed by atoms with Gasteiger partial charge in [-0.1, -0.05) is 6.07 Å². The summed E-state index contributed by atoms with van der Waals surface area (Å²) in [7, 11) is 1.89. The van der Waals surface area contributed by atoms with Crippen LogP contribution in [0.5, 0.6) is 0 Å². The summed E-state index contributed by atoms with van der Waals surface area (Å²) in [5.74, 6) is 0.912. The van der Waals surface area contributed by atoms with Crippen molar-refractivity contribution < 1.29 is 9.53 Å². The minimum atomic E-state index is -0.347. The van der Waals surface area contributed by atoms with Crippen molar-refractivity contribution in [2.24, 2.45) is 7.05 Å². The normalized spacial score (nSPS) is 15.1. The fourth-order valence-electron chi connectivity index (χ4n) is 3.94. The number of rotatable bonds is 4. The molecule has 1 aliphatic rings. The van der Waals surface area contributed by atoms with E-state index < -0.39 is 0 Å². The molecule has 1 unspecified atom stereocenters. The first-order chi connectivity index (χ1) is 16.0. The van der Waals surface area contributed by atoms with Crippen LogP contribution in [0.3, 0.4) is 0 Å². The molecule has 0 N–H and O–H groups in total. The van der Waals surface area contributed by atoms with Gasteiger partial charge in [-0.3, -0.25) is 9.67 Å². The molecule has 1 saturated heterocycles. The molecule has 4 aromatic heterocycles. The van der Waals surface area contributed by atoms with E-state index in [0.29, 0.717) is 26.2 Å². The van der Waals surface area contributed by atoms with E-state index >= 15 is 0 Å². The lowest BCUT2D eigenvalue weighted by atomic mass is 10.2. The molecule has 1 aliphatic heterocycles. The number of aromatic nitrogens is 6. The fourth-order valence-corrected chi connectivity index (χ4v) is 3.94. The number of hydrogen-bond donors (Lipinski definition) is 0. The molecule has 1 fully saturated rings. The minimum Gasteiger partial charge on any atom is -0.441 e. The Morgan fingerprint density at radius 2 is 1.79 bits per heavy atom. The first-order valence-corrected chi connectivity index (χ1v) is 10.9. The van der Waals surface area contributed by atoms with E-state index in [0.717, 1.165) is 33.8 Å². The Morgan fingerprint density at radius 1 is 1.00 bits per heavy atom. The molecule has 1 atom stereocenters. The van der Waals surface area contributed by atoms with Crippen molar-refractivity contribution in [2.45, 2.75) is 20.0 Å². The molecular formula is C23H26N8O2. The second-order valence-electron chi connectivity index (χ2n) is 8.27. The summed E-state index contributed by atoms with van der Waals surface area (Å²) in [6.45, 7) is 6.28. The molecule has 4 aromatic rings. The molecule has 33 heavy (non-hydrogen) atoms. The van der Waals surface area contributed by atoms with Gasteiger partial charge < -0.3 is 14.5 Å². The summed E-state index contributed by atoms with van der Waals surface area (Å²) in [6.07, 6.45) is 8.51. The number of carbonyl (C=O) groups is 1. The van der Waals surface area contributed by atoms with E-state index in [4.69, 9.17) is 4.74 Å². The minimum absolute atomic E-state index is 0.305. The zero-order valence-corrected chi connectivity index (χ0v) is 18.9. The van der Waals surface area contributed by atoms with Crippen LogP contribution < -0.4 is 4.90 Å². The summed E-state index contributed by atoms with van der Waals surface area (Å²) in [5, 5.41) is 8.82. The standard InChI is InChI=1S/C23H26N8O2/c1-16-4-5-18(11-24-16)17(2)33-23(32)30-8-6-29(7-9-30)22-14-25-21-10-19(12-27-31(21)22)20-13-26-28(3)15-20/h4-5,10-15,17H,6-9H2,1-3H3. The highest BCUT2D eigenvalue weighted by Gasteiger charge is 2.26. The zero-order chi connectivity index (χ0) is 22.9. The Balaban J connectivity index is 1.22. The van der Waals surface area contributed by atoms with Crippen LogP contribution in [0, 0.1) is 6.92 Å². The summed E-state index contributed by atoms with van der Waals surface area (Å²) >= 11 is 0. The van der Waals surface area contributed by atoms with E-state index in [2.05, 4.69) is 25.1 Å². The summed E-state index contributed by atoms with van der Waals surface area (Å²) in [4.78, 5) is 25.4. The molecule has 1 amide bonds. The van der Waals surface area contributed by atoms with Gasteiger partial charge in [-0.15, -0.1) is 0 Å². The van der Waals surface area contributed by atoms with Crippen molar-refractivity contribution in [3.8, 4) is 11.1 Å². The Labute approximate surface area is 191 Å². The maximum absolute atomic E-state index is 12.7. The highest BCUT2D eigenvalue weighted by atomic mass is 16.6. The van der Waals surface area contributed by atoms with Gasteiger partial charge in [-0.2, -0.15) is 14.7 Å². The number of pyridine rings is 1. The number of imidazole rings is 1. The molecule has 0 aliphatic carbocycles. The Bertz CT molecular complexity index is 1270. The van der Waals surface area contributed by atoms with Crippen LogP contribution in [0.2, 0.25) is 0 Å². The largest absolute Gasteiger partial charge is 0.441 e. The number of piperazine rings is 1. The van der Waals surface area contributed by atoms with Crippen molar-refractivity contribution in [3.63, 3.8) is 0 Å². The van der Waals surface area contributed by atoms with Gasteiger partial charge in [0.25, 0.3) is 0 Å². The fraction of sp³-hybridized carbons (Fsp3) is 0.348. The van der Waals surface area contributed by atoms with Crippen LogP contribution in [0.25, 0.3) is 16.8 Å². The molecular weight excluding hydrogens is 420 g/mol. The van der Waals surface area contributed by atoms with Gasteiger partial charge in [0.15, 0.2) is 11.5 Å². The van der Waals surface area contributed by atoms with E-state index in [9.17, 15) is 4.79 Å². The monoisotopic (exact) mass is 446 g/mol. The van der Waals surface area contributed by atoms with Crippen LogP contribution in [0.4, 0.5) is 10.6 Å². The van der Waals surface area contributed by atoms with Crippen molar-refractivity contribution in [1.29, 1.82) is 0 Å². The zero-order valence-electron chi connectivity index (χ0n) is 18.9. The predicted octanol–water partition coefficient (Wildman–Crippen LogP) is 2.85. The number of amides is 1. The summed E-state index contributed by atoms with van der Waals surface area (Å²) < 4.78 is 9.26. The molecule has 5 rings (SSSR count). The number of hydrogen-bond acceptors (Lipinski definition) is 7. The van der Waals surface area contributed by atoms with Gasteiger partial charge >= 0.3 is 6.09 Å². The average molecular weight is 447 g/mol. The molecule has 0 aromatic carbocycles. The van der Waals surface area contributed by atoms with Crippen molar-refractivity contribution >= 4 is 17.6 Å². The average Bonchev–Trinajstić information content (AvgIpc) is 3.45. The molecule has 10 nitrogen and oxygen atoms in total. The first kappa shape index (κ1) is 20.9. The van der Waals surface area contributed by atoms with E-state index in [1.807, 2.05) is 68.4 Å². The summed E-state index contributed by atoms with van der Waals surface area (Å²) in [5.41, 5.74) is 4.56. The molecule has 0 radical (unpaired) electrons. The smallest absolute Gasteiger partial charge is 0.410 e. The number of anilines is 1. The van der Waals surface area contributed by atoms with Crippen LogP contribution in [-0.2, 0) is 11.8 Å². The molecule has 10 heteroatoms. The molecule has 0 saturated carbocycles. The summed E-state index contributed by atoms with van der Waals surface area (Å²) in [6, 6.07) is 5.86. The third-order valence-corrected chi connectivity index (χ3v) is 5.92. The third kappa shape index (κ3) is 4.23. The lowest BCUT2D eigenvalue weighted by Gasteiger charge is -2.35. The first-order valence-electron chi connectivity index (χ1n) is 10.9. The van der Waals surface area contributed by atoms with Gasteiger partial charge in [0.05, 0.1) is 18.6 Å². The Morgan fingerprint density at radius 3 is 2.48 bits per heavy atom. The van der Waals surface area contributed by atoms with Crippen molar-refractivity contribution in [1.82, 2.24) is 34.3 Å². The van der Waals surface area contributed by atoms with Crippen LogP contribution in [0.15, 0.2) is 49.2 Å². The Kier molecular flexibility index (Phi) is 5.41. The highest BCUT2D eigenvalue weighted by molar-refractivity contribution is 5.69. The number of carbonyl (C=O) groups excluding carboxylic acids is 1.